The monoisotopic (exact) mass is 355 g/mol. The number of aryl methyl sites for hydroxylation is 1. The smallest absolute Gasteiger partial charge is 0.331 e. The third-order valence-corrected chi connectivity index (χ3v) is 3.56. The maximum Gasteiger partial charge on any atom is 0.331 e. The van der Waals surface area contributed by atoms with Crippen molar-refractivity contribution in [2.45, 2.75) is 20.0 Å². The van der Waals surface area contributed by atoms with Crippen LogP contribution in [-0.2, 0) is 14.3 Å². The molecule has 1 unspecified atom stereocenters. The van der Waals surface area contributed by atoms with Gasteiger partial charge in [-0.25, -0.2) is 4.79 Å². The van der Waals surface area contributed by atoms with Crippen molar-refractivity contribution in [3.63, 3.8) is 0 Å². The predicted octanol–water partition coefficient (Wildman–Crippen LogP) is 3.29. The Balaban J connectivity index is 1.92. The van der Waals surface area contributed by atoms with Gasteiger partial charge >= 0.3 is 5.97 Å². The van der Waals surface area contributed by atoms with Gasteiger partial charge in [-0.2, -0.15) is 0 Å². The molecule has 0 saturated carbocycles. The largest absolute Gasteiger partial charge is 0.504 e. The molecule has 2 aromatic carbocycles. The van der Waals surface area contributed by atoms with Gasteiger partial charge in [-0.05, 0) is 55.3 Å². The number of carbonyl (C=O) groups excluding carboxylic acids is 2. The highest BCUT2D eigenvalue weighted by atomic mass is 16.5. The quantitative estimate of drug-likeness (QED) is 0.613. The Hall–Kier alpha value is -3.28. The first-order chi connectivity index (χ1) is 12.4. The molecule has 26 heavy (non-hydrogen) atoms. The zero-order chi connectivity index (χ0) is 19.1. The number of anilines is 1. The molecule has 2 aromatic rings. The van der Waals surface area contributed by atoms with Crippen LogP contribution >= 0.6 is 0 Å². The molecule has 0 spiro atoms. The molecule has 0 bridgehead atoms. The van der Waals surface area contributed by atoms with Gasteiger partial charge in [0.1, 0.15) is 0 Å². The minimum atomic E-state index is -0.943. The average Bonchev–Trinajstić information content (AvgIpc) is 2.61. The van der Waals surface area contributed by atoms with E-state index in [0.717, 1.165) is 5.56 Å². The van der Waals surface area contributed by atoms with Gasteiger partial charge in [0, 0.05) is 11.8 Å². The highest BCUT2D eigenvalue weighted by Gasteiger charge is 2.16. The molecule has 2 N–H and O–H groups in total. The molecule has 0 aliphatic rings. The number of nitrogens with one attached hydrogen (secondary N) is 1. The lowest BCUT2D eigenvalue weighted by molar-refractivity contribution is -0.148. The number of phenols is 1. The average molecular weight is 355 g/mol. The number of ether oxygens (including phenoxy) is 2. The lowest BCUT2D eigenvalue weighted by Gasteiger charge is -2.12. The standard InChI is InChI=1S/C20H21NO5/c1-13-5-4-6-16(11-13)21-20(24)14(2)26-19(23)10-8-15-7-9-17(22)18(12-15)25-3/h4-12,14,22H,1-3H3,(H,21,24). The Morgan fingerprint density at radius 2 is 1.96 bits per heavy atom. The normalized spacial score (nSPS) is 11.8. The molecular weight excluding hydrogens is 334 g/mol. The van der Waals surface area contributed by atoms with Crippen LogP contribution in [0.15, 0.2) is 48.5 Å². The van der Waals surface area contributed by atoms with Crippen LogP contribution in [0.3, 0.4) is 0 Å². The van der Waals surface area contributed by atoms with E-state index in [-0.39, 0.29) is 5.75 Å². The van der Waals surface area contributed by atoms with E-state index in [1.54, 1.807) is 18.2 Å². The molecule has 6 heteroatoms. The summed E-state index contributed by atoms with van der Waals surface area (Å²) in [6, 6.07) is 12.0. The summed E-state index contributed by atoms with van der Waals surface area (Å²) in [6.07, 6.45) is 1.78. The van der Waals surface area contributed by atoms with Gasteiger partial charge in [-0.1, -0.05) is 18.2 Å². The predicted molar refractivity (Wildman–Crippen MR) is 99.1 cm³/mol. The van der Waals surface area contributed by atoms with Crippen LogP contribution in [0.5, 0.6) is 11.5 Å². The molecule has 0 radical (unpaired) electrons. The minimum Gasteiger partial charge on any atom is -0.504 e. The number of aromatic hydroxyl groups is 1. The molecular formula is C20H21NO5. The Kier molecular flexibility index (Phi) is 6.38. The van der Waals surface area contributed by atoms with Crippen molar-refractivity contribution < 1.29 is 24.2 Å². The second kappa shape index (κ2) is 8.71. The first-order valence-corrected chi connectivity index (χ1v) is 8.02. The van der Waals surface area contributed by atoms with Gasteiger partial charge < -0.3 is 19.9 Å². The summed E-state index contributed by atoms with van der Waals surface area (Å²) in [5, 5.41) is 12.2. The van der Waals surface area contributed by atoms with Crippen LogP contribution in [0.25, 0.3) is 6.08 Å². The molecule has 6 nitrogen and oxygen atoms in total. The summed E-state index contributed by atoms with van der Waals surface area (Å²) in [5.41, 5.74) is 2.30. The summed E-state index contributed by atoms with van der Waals surface area (Å²) >= 11 is 0. The maximum atomic E-state index is 12.1. The van der Waals surface area contributed by atoms with E-state index in [1.807, 2.05) is 25.1 Å². The third-order valence-electron chi connectivity index (χ3n) is 3.56. The van der Waals surface area contributed by atoms with Crippen molar-refractivity contribution in [1.82, 2.24) is 0 Å². The van der Waals surface area contributed by atoms with Crippen molar-refractivity contribution in [2.75, 3.05) is 12.4 Å². The van der Waals surface area contributed by atoms with Crippen LogP contribution in [0.4, 0.5) is 5.69 Å². The summed E-state index contributed by atoms with van der Waals surface area (Å²) in [5.74, 6) is -0.757. The molecule has 0 aliphatic heterocycles. The van der Waals surface area contributed by atoms with Gasteiger partial charge in [0.05, 0.1) is 7.11 Å². The van der Waals surface area contributed by atoms with Crippen molar-refractivity contribution in [3.8, 4) is 11.5 Å². The Bertz CT molecular complexity index is 829. The molecule has 136 valence electrons. The molecule has 1 atom stereocenters. The minimum absolute atomic E-state index is 0.00803. The van der Waals surface area contributed by atoms with E-state index in [0.29, 0.717) is 17.0 Å². The number of amides is 1. The van der Waals surface area contributed by atoms with Gasteiger partial charge in [-0.15, -0.1) is 0 Å². The Labute approximate surface area is 152 Å². The number of esters is 1. The lowest BCUT2D eigenvalue weighted by Crippen LogP contribution is -2.29. The summed E-state index contributed by atoms with van der Waals surface area (Å²) in [4.78, 5) is 24.0. The van der Waals surface area contributed by atoms with Gasteiger partial charge in [0.15, 0.2) is 17.6 Å². The maximum absolute atomic E-state index is 12.1. The molecule has 0 aliphatic carbocycles. The molecule has 0 fully saturated rings. The Morgan fingerprint density at radius 1 is 1.19 bits per heavy atom. The first-order valence-electron chi connectivity index (χ1n) is 8.02. The van der Waals surface area contributed by atoms with E-state index in [9.17, 15) is 14.7 Å². The number of rotatable bonds is 6. The second-order valence-corrected chi connectivity index (χ2v) is 5.70. The number of methoxy groups -OCH3 is 1. The highest BCUT2D eigenvalue weighted by molar-refractivity contribution is 5.96. The molecule has 0 saturated heterocycles. The topological polar surface area (TPSA) is 84.9 Å². The fourth-order valence-corrected chi connectivity index (χ4v) is 2.20. The van der Waals surface area contributed by atoms with Crippen LogP contribution < -0.4 is 10.1 Å². The number of hydrogen-bond acceptors (Lipinski definition) is 5. The van der Waals surface area contributed by atoms with Gasteiger partial charge in [0.25, 0.3) is 5.91 Å². The zero-order valence-corrected chi connectivity index (χ0v) is 14.9. The van der Waals surface area contributed by atoms with Gasteiger partial charge in [0.2, 0.25) is 0 Å². The number of phenolic OH excluding ortho intramolecular Hbond substituents is 1. The van der Waals surface area contributed by atoms with Crippen molar-refractivity contribution >= 4 is 23.6 Å². The first kappa shape index (κ1) is 19.1. The van der Waals surface area contributed by atoms with E-state index in [4.69, 9.17) is 9.47 Å². The van der Waals surface area contributed by atoms with Crippen LogP contribution in [0, 0.1) is 6.92 Å². The molecule has 2 rings (SSSR count). The summed E-state index contributed by atoms with van der Waals surface area (Å²) in [6.45, 7) is 3.42. The fraction of sp³-hybridized carbons (Fsp3) is 0.200. The fourth-order valence-electron chi connectivity index (χ4n) is 2.20. The van der Waals surface area contributed by atoms with E-state index < -0.39 is 18.0 Å². The summed E-state index contributed by atoms with van der Waals surface area (Å²) < 4.78 is 10.1. The highest BCUT2D eigenvalue weighted by Crippen LogP contribution is 2.26. The third kappa shape index (κ3) is 5.37. The zero-order valence-electron chi connectivity index (χ0n) is 14.9. The second-order valence-electron chi connectivity index (χ2n) is 5.70. The van der Waals surface area contributed by atoms with Crippen LogP contribution in [0.1, 0.15) is 18.1 Å². The van der Waals surface area contributed by atoms with E-state index in [1.165, 1.54) is 32.3 Å². The molecule has 1 amide bonds. The van der Waals surface area contributed by atoms with Crippen molar-refractivity contribution in [2.24, 2.45) is 0 Å². The van der Waals surface area contributed by atoms with Gasteiger partial charge in [-0.3, -0.25) is 4.79 Å². The van der Waals surface area contributed by atoms with Crippen molar-refractivity contribution in [1.29, 1.82) is 0 Å². The molecule has 0 aromatic heterocycles. The SMILES string of the molecule is COc1cc(C=CC(=O)OC(C)C(=O)Nc2cccc(C)c2)ccc1O. The lowest BCUT2D eigenvalue weighted by atomic mass is 10.2. The van der Waals surface area contributed by atoms with Crippen LogP contribution in [-0.4, -0.2) is 30.2 Å². The number of benzene rings is 2. The molecule has 0 heterocycles. The summed E-state index contributed by atoms with van der Waals surface area (Å²) in [7, 11) is 1.44. The number of hydrogen-bond donors (Lipinski definition) is 2. The van der Waals surface area contributed by atoms with E-state index >= 15 is 0 Å². The van der Waals surface area contributed by atoms with Crippen molar-refractivity contribution in [3.05, 3.63) is 59.7 Å². The van der Waals surface area contributed by atoms with Crippen LogP contribution in [0.2, 0.25) is 0 Å². The number of carbonyl (C=O) groups is 2. The Morgan fingerprint density at radius 3 is 2.65 bits per heavy atom. The van der Waals surface area contributed by atoms with E-state index in [2.05, 4.69) is 5.32 Å².